The minimum atomic E-state index is 0.343. The van der Waals surface area contributed by atoms with Crippen molar-refractivity contribution in [3.63, 3.8) is 0 Å². The molecule has 0 aliphatic rings. The molecule has 2 aromatic carbocycles. The Labute approximate surface area is 195 Å². The van der Waals surface area contributed by atoms with E-state index in [2.05, 4.69) is 70.8 Å². The minimum absolute atomic E-state index is 0.343. The van der Waals surface area contributed by atoms with Crippen LogP contribution in [0.1, 0.15) is 57.1 Å². The van der Waals surface area contributed by atoms with Gasteiger partial charge < -0.3 is 20.0 Å². The van der Waals surface area contributed by atoms with Gasteiger partial charge in [0.25, 0.3) is 0 Å². The van der Waals surface area contributed by atoms with Gasteiger partial charge in [0.1, 0.15) is 11.5 Å². The average molecular weight is 441 g/mol. The van der Waals surface area contributed by atoms with Crippen molar-refractivity contribution in [1.29, 1.82) is 0 Å². The maximum atomic E-state index is 10.1. The number of rotatable bonds is 12. The first kappa shape index (κ1) is 26.2. The van der Waals surface area contributed by atoms with E-state index in [9.17, 15) is 10.2 Å². The average Bonchev–Trinajstić information content (AvgIpc) is 2.68. The molecule has 32 heavy (non-hydrogen) atoms. The van der Waals surface area contributed by atoms with E-state index in [0.29, 0.717) is 41.1 Å². The lowest BCUT2D eigenvalue weighted by atomic mass is 9.77. The van der Waals surface area contributed by atoms with Crippen LogP contribution in [0.2, 0.25) is 0 Å². The molecule has 178 valence electrons. The topological polar surface area (TPSA) is 46.9 Å². The van der Waals surface area contributed by atoms with Crippen LogP contribution in [-0.2, 0) is 0 Å². The van der Waals surface area contributed by atoms with Crippen molar-refractivity contribution in [2.45, 2.75) is 46.0 Å². The standard InChI is InChI=1S/C28H44N2O2/c1-8-27(23-11-9-13-25(31)15-23)20(2)18-30(7)19-22(4)28(21(3)17-29(5)6)24-12-10-14-26(32)16-24/h9-16,20-22,27-28,31-32H,8,17-19H2,1-7H3/t20-,21+,22?,27+,28+/m0/s1. The third-order valence-electron chi connectivity index (χ3n) is 6.76. The summed E-state index contributed by atoms with van der Waals surface area (Å²) in [5, 5.41) is 20.0. The highest BCUT2D eigenvalue weighted by Crippen LogP contribution is 2.35. The van der Waals surface area contributed by atoms with Crippen molar-refractivity contribution < 1.29 is 10.2 Å². The zero-order valence-electron chi connectivity index (χ0n) is 21.1. The number of nitrogens with zero attached hydrogens (tertiary/aromatic N) is 2. The first-order valence-corrected chi connectivity index (χ1v) is 12.0. The first-order chi connectivity index (χ1) is 15.1. The zero-order valence-corrected chi connectivity index (χ0v) is 21.1. The molecule has 0 spiro atoms. The fraction of sp³-hybridized carbons (Fsp3) is 0.571. The van der Waals surface area contributed by atoms with Crippen LogP contribution in [0.15, 0.2) is 48.5 Å². The molecule has 4 heteroatoms. The first-order valence-electron chi connectivity index (χ1n) is 12.0. The molecule has 2 N–H and O–H groups in total. The summed E-state index contributed by atoms with van der Waals surface area (Å²) in [6, 6.07) is 15.5. The number of phenols is 2. The summed E-state index contributed by atoms with van der Waals surface area (Å²) in [6.45, 7) is 12.2. The maximum absolute atomic E-state index is 10.1. The number of aromatic hydroxyl groups is 2. The van der Waals surface area contributed by atoms with Gasteiger partial charge in [0.05, 0.1) is 0 Å². The predicted molar refractivity (Wildman–Crippen MR) is 136 cm³/mol. The fourth-order valence-electron chi connectivity index (χ4n) is 5.66. The molecule has 2 aromatic rings. The summed E-state index contributed by atoms with van der Waals surface area (Å²) in [7, 11) is 6.47. The van der Waals surface area contributed by atoms with Crippen molar-refractivity contribution in [1.82, 2.24) is 9.80 Å². The lowest BCUT2D eigenvalue weighted by molar-refractivity contribution is 0.190. The van der Waals surface area contributed by atoms with Gasteiger partial charge in [-0.3, -0.25) is 0 Å². The van der Waals surface area contributed by atoms with Crippen LogP contribution >= 0.6 is 0 Å². The third-order valence-corrected chi connectivity index (χ3v) is 6.76. The molecule has 0 aliphatic heterocycles. The molecule has 5 atom stereocenters. The second-order valence-corrected chi connectivity index (χ2v) is 10.1. The van der Waals surface area contributed by atoms with Gasteiger partial charge in [-0.05, 0) is 92.5 Å². The lowest BCUT2D eigenvalue weighted by Gasteiger charge is -2.35. The largest absolute Gasteiger partial charge is 0.508 e. The Hall–Kier alpha value is -2.04. The predicted octanol–water partition coefficient (Wildman–Crippen LogP) is 5.78. The molecule has 0 aliphatic carbocycles. The molecular weight excluding hydrogens is 396 g/mol. The van der Waals surface area contributed by atoms with E-state index < -0.39 is 0 Å². The Morgan fingerprint density at radius 2 is 1.22 bits per heavy atom. The Morgan fingerprint density at radius 1 is 0.719 bits per heavy atom. The monoisotopic (exact) mass is 440 g/mol. The van der Waals surface area contributed by atoms with Crippen molar-refractivity contribution in [2.24, 2.45) is 17.8 Å². The Kier molecular flexibility index (Phi) is 10.0. The summed E-state index contributed by atoms with van der Waals surface area (Å²) in [5.74, 6) is 2.89. The molecule has 4 nitrogen and oxygen atoms in total. The molecule has 1 unspecified atom stereocenters. The van der Waals surface area contributed by atoms with Gasteiger partial charge in [0, 0.05) is 19.6 Å². The van der Waals surface area contributed by atoms with Crippen LogP contribution in [0, 0.1) is 17.8 Å². The molecule has 0 fully saturated rings. The van der Waals surface area contributed by atoms with Gasteiger partial charge in [0.2, 0.25) is 0 Å². The van der Waals surface area contributed by atoms with Crippen molar-refractivity contribution in [3.8, 4) is 11.5 Å². The molecule has 0 heterocycles. The molecule has 0 radical (unpaired) electrons. The maximum Gasteiger partial charge on any atom is 0.115 e. The zero-order chi connectivity index (χ0) is 23.8. The van der Waals surface area contributed by atoms with Crippen molar-refractivity contribution in [2.75, 3.05) is 40.8 Å². The Morgan fingerprint density at radius 3 is 1.75 bits per heavy atom. The summed E-state index contributed by atoms with van der Waals surface area (Å²) in [5.41, 5.74) is 2.44. The van der Waals surface area contributed by atoms with Crippen LogP contribution in [0.5, 0.6) is 11.5 Å². The highest BCUT2D eigenvalue weighted by molar-refractivity contribution is 5.31. The second-order valence-electron chi connectivity index (χ2n) is 10.1. The molecule has 0 aromatic heterocycles. The molecule has 0 amide bonds. The molecule has 0 saturated heterocycles. The number of phenolic OH excluding ortho intramolecular Hbond substituents is 2. The van der Waals surface area contributed by atoms with Crippen LogP contribution in [0.4, 0.5) is 0 Å². The van der Waals surface area contributed by atoms with Crippen molar-refractivity contribution >= 4 is 0 Å². The normalized spacial score (nSPS) is 16.7. The summed E-state index contributed by atoms with van der Waals surface area (Å²) < 4.78 is 0. The van der Waals surface area contributed by atoms with Gasteiger partial charge in [-0.1, -0.05) is 52.0 Å². The van der Waals surface area contributed by atoms with Crippen molar-refractivity contribution in [3.05, 3.63) is 59.7 Å². The van der Waals surface area contributed by atoms with E-state index in [0.717, 1.165) is 26.1 Å². The second kappa shape index (κ2) is 12.3. The van der Waals surface area contributed by atoms with Crippen LogP contribution in [0.25, 0.3) is 0 Å². The molecular formula is C28H44N2O2. The van der Waals surface area contributed by atoms with E-state index in [1.165, 1.54) is 11.1 Å². The van der Waals surface area contributed by atoms with Gasteiger partial charge in [-0.2, -0.15) is 0 Å². The third kappa shape index (κ3) is 7.53. The number of benzene rings is 2. The highest BCUT2D eigenvalue weighted by Gasteiger charge is 2.28. The number of hydrogen-bond acceptors (Lipinski definition) is 4. The summed E-state index contributed by atoms with van der Waals surface area (Å²) >= 11 is 0. The Balaban J connectivity index is 2.11. The highest BCUT2D eigenvalue weighted by atomic mass is 16.3. The van der Waals surface area contributed by atoms with E-state index in [-0.39, 0.29) is 0 Å². The van der Waals surface area contributed by atoms with E-state index >= 15 is 0 Å². The molecule has 0 bridgehead atoms. The van der Waals surface area contributed by atoms with Crippen LogP contribution < -0.4 is 0 Å². The van der Waals surface area contributed by atoms with E-state index in [4.69, 9.17) is 0 Å². The summed E-state index contributed by atoms with van der Waals surface area (Å²) in [4.78, 5) is 4.71. The molecule has 2 rings (SSSR count). The summed E-state index contributed by atoms with van der Waals surface area (Å²) in [6.07, 6.45) is 1.06. The van der Waals surface area contributed by atoms with E-state index in [1.54, 1.807) is 12.1 Å². The molecule has 0 saturated carbocycles. The SMILES string of the molecule is CC[C@@H](c1cccc(O)c1)[C@@H](C)CN(C)CC(C)[C@H](c1cccc(O)c1)[C@H](C)CN(C)C. The number of hydrogen-bond donors (Lipinski definition) is 2. The van der Waals surface area contributed by atoms with Gasteiger partial charge >= 0.3 is 0 Å². The van der Waals surface area contributed by atoms with Gasteiger partial charge in [0.15, 0.2) is 0 Å². The minimum Gasteiger partial charge on any atom is -0.508 e. The lowest BCUT2D eigenvalue weighted by Crippen LogP contribution is -2.36. The Bertz CT molecular complexity index is 823. The van der Waals surface area contributed by atoms with Gasteiger partial charge in [-0.25, -0.2) is 0 Å². The van der Waals surface area contributed by atoms with Gasteiger partial charge in [-0.15, -0.1) is 0 Å². The fourth-order valence-corrected chi connectivity index (χ4v) is 5.66. The van der Waals surface area contributed by atoms with Crippen LogP contribution in [-0.4, -0.2) is 60.8 Å². The smallest absolute Gasteiger partial charge is 0.115 e. The quantitative estimate of drug-likeness (QED) is 0.439. The van der Waals surface area contributed by atoms with Crippen LogP contribution in [0.3, 0.4) is 0 Å². The van der Waals surface area contributed by atoms with E-state index in [1.807, 2.05) is 24.3 Å².